The molecule has 33 heavy (non-hydrogen) atoms. The van der Waals surface area contributed by atoms with E-state index in [2.05, 4.69) is 94.9 Å². The van der Waals surface area contributed by atoms with Crippen molar-refractivity contribution in [1.29, 1.82) is 0 Å². The Morgan fingerprint density at radius 3 is 2.42 bits per heavy atom. The molecule has 0 bridgehead atoms. The molecule has 0 unspecified atom stereocenters. The zero-order valence-corrected chi connectivity index (χ0v) is 20.2. The van der Waals surface area contributed by atoms with Crippen LogP contribution in [-0.4, -0.2) is 4.98 Å². The predicted octanol–water partition coefficient (Wildman–Crippen LogP) is 7.21. The molecule has 0 fully saturated rings. The third kappa shape index (κ3) is 2.68. The van der Waals surface area contributed by atoms with Gasteiger partial charge in [-0.15, -0.1) is 0 Å². The first-order valence-corrected chi connectivity index (χ1v) is 11.7. The van der Waals surface area contributed by atoms with E-state index in [1.807, 2.05) is 12.3 Å². The molecule has 0 amide bonds. The lowest BCUT2D eigenvalue weighted by Crippen LogP contribution is -2.31. The summed E-state index contributed by atoms with van der Waals surface area (Å²) >= 11 is 0. The van der Waals surface area contributed by atoms with Gasteiger partial charge >= 0.3 is 0 Å². The van der Waals surface area contributed by atoms with Crippen molar-refractivity contribution in [2.75, 3.05) is 0 Å². The molecule has 0 saturated heterocycles. The van der Waals surface area contributed by atoms with Gasteiger partial charge in [0.05, 0.1) is 11.3 Å². The monoisotopic (exact) mass is 433 g/mol. The summed E-state index contributed by atoms with van der Waals surface area (Å²) in [6.45, 7) is 11.2. The van der Waals surface area contributed by atoms with Crippen LogP contribution in [0, 0.1) is 6.92 Å². The number of pyridine rings is 2. The molecule has 0 N–H and O–H groups in total. The normalized spacial score (nSPS) is 14.3. The number of fused-ring (bicyclic) bond motifs is 7. The summed E-state index contributed by atoms with van der Waals surface area (Å²) in [4.78, 5) is 4.76. The Labute approximate surface area is 194 Å². The minimum Gasteiger partial charge on any atom is -0.454 e. The highest BCUT2D eigenvalue weighted by atomic mass is 16.3. The lowest BCUT2D eigenvalue weighted by atomic mass is 9.85. The molecule has 2 aromatic carbocycles. The van der Waals surface area contributed by atoms with E-state index in [-0.39, 0.29) is 5.41 Å². The van der Waals surface area contributed by atoms with Gasteiger partial charge in [0.25, 0.3) is 0 Å². The van der Waals surface area contributed by atoms with E-state index in [1.165, 1.54) is 49.8 Å². The highest BCUT2D eigenvalue weighted by Crippen LogP contribution is 2.52. The van der Waals surface area contributed by atoms with E-state index in [9.17, 15) is 0 Å². The fraction of sp³-hybridized carbons (Fsp3) is 0.267. The minimum absolute atomic E-state index is 0.143. The van der Waals surface area contributed by atoms with Crippen LogP contribution in [0.2, 0.25) is 0 Å². The number of aryl methyl sites for hydroxylation is 2. The minimum atomic E-state index is -0.143. The van der Waals surface area contributed by atoms with E-state index < -0.39 is 0 Å². The number of aromatic nitrogens is 2. The quantitative estimate of drug-likeness (QED) is 0.275. The van der Waals surface area contributed by atoms with Gasteiger partial charge in [0.2, 0.25) is 5.69 Å². The fourth-order valence-corrected chi connectivity index (χ4v) is 5.53. The predicted molar refractivity (Wildman–Crippen MR) is 135 cm³/mol. The summed E-state index contributed by atoms with van der Waals surface area (Å²) in [6.07, 6.45) is 4.05. The second-order valence-corrected chi connectivity index (χ2v) is 10.2. The zero-order chi connectivity index (χ0) is 23.1. The molecule has 0 radical (unpaired) electrons. The van der Waals surface area contributed by atoms with Gasteiger partial charge in [-0.1, -0.05) is 58.0 Å². The highest BCUT2D eigenvalue weighted by molar-refractivity contribution is 6.14. The Morgan fingerprint density at radius 1 is 0.939 bits per heavy atom. The number of rotatable bonds is 2. The summed E-state index contributed by atoms with van der Waals surface area (Å²) in [6, 6.07) is 17.7. The van der Waals surface area contributed by atoms with Crippen LogP contribution >= 0.6 is 0 Å². The van der Waals surface area contributed by atoms with Crippen LogP contribution in [0.4, 0.5) is 0 Å². The van der Waals surface area contributed by atoms with E-state index in [1.54, 1.807) is 0 Å². The van der Waals surface area contributed by atoms with Gasteiger partial charge in [-0.25, -0.2) is 4.57 Å². The molecule has 164 valence electrons. The third-order valence-electron chi connectivity index (χ3n) is 7.46. The molecule has 5 aromatic rings. The molecule has 0 atom stereocenters. The lowest BCUT2D eigenvalue weighted by molar-refractivity contribution is -0.660. The van der Waals surface area contributed by atoms with Gasteiger partial charge in [-0.05, 0) is 35.6 Å². The molecule has 3 aromatic heterocycles. The van der Waals surface area contributed by atoms with Gasteiger partial charge in [0.15, 0.2) is 6.20 Å². The summed E-state index contributed by atoms with van der Waals surface area (Å²) < 4.78 is 9.03. The Hall–Kier alpha value is -3.46. The van der Waals surface area contributed by atoms with E-state index in [0.29, 0.717) is 5.92 Å². The maximum Gasteiger partial charge on any atom is 0.216 e. The molecule has 0 spiro atoms. The van der Waals surface area contributed by atoms with Crippen LogP contribution < -0.4 is 4.57 Å². The van der Waals surface area contributed by atoms with Gasteiger partial charge < -0.3 is 4.42 Å². The SMILES string of the molecule is Cc1ccc2c(oc3c4c(ccc32)C(C)(C)c2ncccc2-4)c1-c1cc(C(C)C)cc[n+]1C. The summed E-state index contributed by atoms with van der Waals surface area (Å²) in [5, 5.41) is 2.33. The zero-order valence-electron chi connectivity index (χ0n) is 20.2. The molecule has 3 heterocycles. The Kier molecular flexibility index (Phi) is 4.14. The average molecular weight is 434 g/mol. The second kappa shape index (κ2) is 6.77. The summed E-state index contributed by atoms with van der Waals surface area (Å²) in [5.41, 5.74) is 11.5. The largest absolute Gasteiger partial charge is 0.454 e. The number of hydrogen-bond donors (Lipinski definition) is 0. The molecular weight excluding hydrogens is 404 g/mol. The molecule has 0 aliphatic heterocycles. The molecule has 3 heteroatoms. The van der Waals surface area contributed by atoms with Crippen LogP contribution in [-0.2, 0) is 12.5 Å². The van der Waals surface area contributed by atoms with Gasteiger partial charge in [-0.3, -0.25) is 4.98 Å². The third-order valence-corrected chi connectivity index (χ3v) is 7.46. The Morgan fingerprint density at radius 2 is 1.67 bits per heavy atom. The van der Waals surface area contributed by atoms with Crippen LogP contribution in [0.15, 0.2) is 65.3 Å². The lowest BCUT2D eigenvalue weighted by Gasteiger charge is -2.19. The first-order valence-electron chi connectivity index (χ1n) is 11.7. The van der Waals surface area contributed by atoms with Crippen molar-refractivity contribution in [3.63, 3.8) is 0 Å². The number of nitrogens with zero attached hydrogens (tertiary/aromatic N) is 2. The fourth-order valence-electron chi connectivity index (χ4n) is 5.53. The smallest absolute Gasteiger partial charge is 0.216 e. The van der Waals surface area contributed by atoms with E-state index in [0.717, 1.165) is 16.9 Å². The molecule has 6 rings (SSSR count). The molecular formula is C30H29N2O+. The maximum absolute atomic E-state index is 6.83. The van der Waals surface area contributed by atoms with Crippen molar-refractivity contribution >= 4 is 21.9 Å². The maximum atomic E-state index is 6.83. The van der Waals surface area contributed by atoms with Crippen molar-refractivity contribution in [2.24, 2.45) is 7.05 Å². The standard InChI is InChI=1S/C30H29N2O/c1-17(2)19-13-15-32(6)24(16-19)25-18(3)9-10-20-21-11-12-23-26(28(21)33-27(20)25)22-8-7-14-31-29(22)30(23,4)5/h7-17H,1-6H3/q+1. The molecule has 3 nitrogen and oxygen atoms in total. The summed E-state index contributed by atoms with van der Waals surface area (Å²) in [5.74, 6) is 0.467. The number of furan rings is 1. The number of hydrogen-bond acceptors (Lipinski definition) is 2. The van der Waals surface area contributed by atoms with Gasteiger partial charge in [0, 0.05) is 45.6 Å². The van der Waals surface area contributed by atoms with Crippen molar-refractivity contribution < 1.29 is 8.98 Å². The van der Waals surface area contributed by atoms with E-state index >= 15 is 0 Å². The molecule has 0 saturated carbocycles. The average Bonchev–Trinajstić information content (AvgIpc) is 3.27. The van der Waals surface area contributed by atoms with Gasteiger partial charge in [-0.2, -0.15) is 0 Å². The van der Waals surface area contributed by atoms with Crippen molar-refractivity contribution in [2.45, 2.75) is 46.0 Å². The number of benzene rings is 2. The van der Waals surface area contributed by atoms with Crippen LogP contribution in [0.5, 0.6) is 0 Å². The topological polar surface area (TPSA) is 29.9 Å². The van der Waals surface area contributed by atoms with Crippen molar-refractivity contribution in [3.8, 4) is 22.4 Å². The van der Waals surface area contributed by atoms with Gasteiger partial charge in [0.1, 0.15) is 18.2 Å². The Bertz CT molecular complexity index is 1590. The van der Waals surface area contributed by atoms with Crippen LogP contribution in [0.3, 0.4) is 0 Å². The first-order chi connectivity index (χ1) is 15.8. The first kappa shape index (κ1) is 20.2. The second-order valence-electron chi connectivity index (χ2n) is 10.2. The van der Waals surface area contributed by atoms with E-state index in [4.69, 9.17) is 9.40 Å². The molecule has 1 aliphatic rings. The van der Waals surface area contributed by atoms with Crippen molar-refractivity contribution in [3.05, 3.63) is 83.3 Å². The van der Waals surface area contributed by atoms with Crippen molar-refractivity contribution in [1.82, 2.24) is 4.98 Å². The molecule has 1 aliphatic carbocycles. The van der Waals surface area contributed by atoms with Crippen LogP contribution in [0.1, 0.15) is 56.0 Å². The Balaban J connectivity index is 1.72. The summed E-state index contributed by atoms with van der Waals surface area (Å²) in [7, 11) is 2.11. The highest BCUT2D eigenvalue weighted by Gasteiger charge is 2.39. The van der Waals surface area contributed by atoms with Crippen LogP contribution in [0.25, 0.3) is 44.3 Å².